The number of hydrogen-bond donors (Lipinski definition) is 4. The first-order valence-corrected chi connectivity index (χ1v) is 5.48. The zero-order valence-corrected chi connectivity index (χ0v) is 10.2. The van der Waals surface area contributed by atoms with Crippen LogP contribution in [0.4, 0.5) is 10.1 Å². The summed E-state index contributed by atoms with van der Waals surface area (Å²) in [7, 11) is 0. The van der Waals surface area contributed by atoms with Crippen LogP contribution in [-0.2, 0) is 0 Å². The topological polar surface area (TPSA) is 133 Å². The van der Waals surface area contributed by atoms with Crippen LogP contribution in [-0.4, -0.2) is 51.5 Å². The highest BCUT2D eigenvalue weighted by Gasteiger charge is 2.31. The van der Waals surface area contributed by atoms with E-state index in [-0.39, 0.29) is 0 Å². The van der Waals surface area contributed by atoms with Crippen LogP contribution >= 0.6 is 0 Å². The Balaban J connectivity index is 3.08. The maximum Gasteiger partial charge on any atom is 0.270 e. The van der Waals surface area contributed by atoms with Crippen LogP contribution in [0.25, 0.3) is 0 Å². The number of carbonyl (C=O) groups is 1. The molecule has 0 aliphatic carbocycles. The van der Waals surface area contributed by atoms with E-state index in [4.69, 9.17) is 15.3 Å². The van der Waals surface area contributed by atoms with Gasteiger partial charge < -0.3 is 20.6 Å². The van der Waals surface area contributed by atoms with Gasteiger partial charge in [-0.2, -0.15) is 0 Å². The van der Waals surface area contributed by atoms with Crippen LogP contribution in [0.5, 0.6) is 0 Å². The first kappa shape index (κ1) is 16.0. The number of aliphatic hydroxyl groups is 3. The van der Waals surface area contributed by atoms with E-state index in [1.807, 2.05) is 0 Å². The SMILES string of the molecule is O=C(NC(CO)(CO)CO)c1cc([N+](=O)[O-])ccc1F. The summed E-state index contributed by atoms with van der Waals surface area (Å²) in [6.07, 6.45) is 0. The first-order valence-electron chi connectivity index (χ1n) is 5.48. The molecule has 110 valence electrons. The van der Waals surface area contributed by atoms with Gasteiger partial charge in [0.25, 0.3) is 11.6 Å². The highest BCUT2D eigenvalue weighted by molar-refractivity contribution is 5.95. The third-order valence-corrected chi connectivity index (χ3v) is 2.69. The number of amides is 1. The summed E-state index contributed by atoms with van der Waals surface area (Å²) in [5.74, 6) is -2.10. The van der Waals surface area contributed by atoms with Crippen molar-refractivity contribution >= 4 is 11.6 Å². The average Bonchev–Trinajstić information content (AvgIpc) is 2.45. The molecule has 0 atom stereocenters. The van der Waals surface area contributed by atoms with Crippen molar-refractivity contribution in [1.82, 2.24) is 5.32 Å². The molecule has 4 N–H and O–H groups in total. The fraction of sp³-hybridized carbons (Fsp3) is 0.364. The molecular formula is C11H13FN2O6. The molecular weight excluding hydrogens is 275 g/mol. The lowest BCUT2D eigenvalue weighted by molar-refractivity contribution is -0.384. The van der Waals surface area contributed by atoms with E-state index < -0.39 is 53.3 Å². The third-order valence-electron chi connectivity index (χ3n) is 2.69. The van der Waals surface area contributed by atoms with E-state index in [1.54, 1.807) is 0 Å². The lowest BCUT2D eigenvalue weighted by Gasteiger charge is -2.28. The van der Waals surface area contributed by atoms with E-state index in [0.717, 1.165) is 18.2 Å². The normalized spacial score (nSPS) is 11.2. The standard InChI is InChI=1S/C11H13FN2O6/c12-9-2-1-7(14(19)20)3-8(9)10(18)13-11(4-15,5-16)6-17/h1-3,15-17H,4-6H2,(H,13,18). The smallest absolute Gasteiger partial charge is 0.270 e. The van der Waals surface area contributed by atoms with Crippen molar-refractivity contribution < 1.29 is 29.4 Å². The fourth-order valence-corrected chi connectivity index (χ4v) is 1.38. The number of hydrogen-bond acceptors (Lipinski definition) is 6. The molecule has 1 aromatic rings. The lowest BCUT2D eigenvalue weighted by Crippen LogP contribution is -2.57. The van der Waals surface area contributed by atoms with Gasteiger partial charge in [0.15, 0.2) is 0 Å². The monoisotopic (exact) mass is 288 g/mol. The van der Waals surface area contributed by atoms with Crippen molar-refractivity contribution in [2.75, 3.05) is 19.8 Å². The molecule has 9 heteroatoms. The predicted octanol–water partition coefficient (Wildman–Crippen LogP) is -0.821. The molecule has 0 bridgehead atoms. The molecule has 20 heavy (non-hydrogen) atoms. The van der Waals surface area contributed by atoms with Crippen LogP contribution in [0.3, 0.4) is 0 Å². The Kier molecular flexibility index (Phi) is 5.08. The number of nitrogens with one attached hydrogen (secondary N) is 1. The lowest BCUT2D eigenvalue weighted by atomic mass is 10.0. The van der Waals surface area contributed by atoms with Crippen molar-refractivity contribution in [3.8, 4) is 0 Å². The van der Waals surface area contributed by atoms with Crippen LogP contribution < -0.4 is 5.32 Å². The van der Waals surface area contributed by atoms with E-state index in [1.165, 1.54) is 0 Å². The van der Waals surface area contributed by atoms with Gasteiger partial charge in [0, 0.05) is 12.1 Å². The molecule has 0 aliphatic heterocycles. The molecule has 1 rings (SSSR count). The van der Waals surface area contributed by atoms with E-state index >= 15 is 0 Å². The molecule has 0 radical (unpaired) electrons. The Morgan fingerprint density at radius 1 is 1.30 bits per heavy atom. The van der Waals surface area contributed by atoms with Gasteiger partial charge >= 0.3 is 0 Å². The second-order valence-corrected chi connectivity index (χ2v) is 4.13. The number of nitrogens with zero attached hydrogens (tertiary/aromatic N) is 1. The zero-order valence-electron chi connectivity index (χ0n) is 10.2. The molecule has 1 amide bonds. The molecule has 0 spiro atoms. The molecule has 8 nitrogen and oxygen atoms in total. The van der Waals surface area contributed by atoms with Crippen molar-refractivity contribution in [3.05, 3.63) is 39.7 Å². The second-order valence-electron chi connectivity index (χ2n) is 4.13. The van der Waals surface area contributed by atoms with Crippen LogP contribution in [0.2, 0.25) is 0 Å². The summed E-state index contributed by atoms with van der Waals surface area (Å²) in [4.78, 5) is 21.6. The molecule has 0 aliphatic rings. The second kappa shape index (κ2) is 6.37. The van der Waals surface area contributed by atoms with Gasteiger partial charge in [0.2, 0.25) is 0 Å². The molecule has 0 unspecified atom stereocenters. The minimum atomic E-state index is -1.74. The quantitative estimate of drug-likeness (QED) is 0.399. The first-order chi connectivity index (χ1) is 9.39. The number of halogens is 1. The maximum atomic E-state index is 13.5. The molecule has 0 heterocycles. The maximum absolute atomic E-state index is 13.5. The summed E-state index contributed by atoms with van der Waals surface area (Å²) in [5.41, 5.74) is -2.85. The van der Waals surface area contributed by atoms with Crippen LogP contribution in [0.1, 0.15) is 10.4 Å². The van der Waals surface area contributed by atoms with Gasteiger partial charge in [0.1, 0.15) is 11.4 Å². The molecule has 0 fully saturated rings. The van der Waals surface area contributed by atoms with Gasteiger partial charge in [-0.05, 0) is 6.07 Å². The van der Waals surface area contributed by atoms with Gasteiger partial charge in [-0.3, -0.25) is 14.9 Å². The van der Waals surface area contributed by atoms with Crippen molar-refractivity contribution in [2.24, 2.45) is 0 Å². The summed E-state index contributed by atoms with van der Waals surface area (Å²) in [6, 6.07) is 2.37. The minimum Gasteiger partial charge on any atom is -0.394 e. The molecule has 1 aromatic carbocycles. The van der Waals surface area contributed by atoms with E-state index in [0.29, 0.717) is 0 Å². The zero-order chi connectivity index (χ0) is 15.3. The summed E-state index contributed by atoms with van der Waals surface area (Å²) < 4.78 is 13.5. The largest absolute Gasteiger partial charge is 0.394 e. The van der Waals surface area contributed by atoms with Crippen molar-refractivity contribution in [3.63, 3.8) is 0 Å². The van der Waals surface area contributed by atoms with Gasteiger partial charge in [0.05, 0.1) is 30.3 Å². The molecule has 0 saturated carbocycles. The summed E-state index contributed by atoms with van der Waals surface area (Å²) in [5, 5.41) is 39.8. The predicted molar refractivity (Wildman–Crippen MR) is 64.5 cm³/mol. The Morgan fingerprint density at radius 3 is 2.30 bits per heavy atom. The number of rotatable bonds is 6. The Morgan fingerprint density at radius 2 is 1.85 bits per heavy atom. The van der Waals surface area contributed by atoms with Gasteiger partial charge in [-0.25, -0.2) is 4.39 Å². The summed E-state index contributed by atoms with van der Waals surface area (Å²) >= 11 is 0. The van der Waals surface area contributed by atoms with Gasteiger partial charge in [-0.1, -0.05) is 0 Å². The van der Waals surface area contributed by atoms with Crippen LogP contribution in [0.15, 0.2) is 18.2 Å². The number of benzene rings is 1. The molecule has 0 aromatic heterocycles. The number of nitro benzene ring substituents is 1. The van der Waals surface area contributed by atoms with Crippen molar-refractivity contribution in [1.29, 1.82) is 0 Å². The number of non-ortho nitro benzene ring substituents is 1. The average molecular weight is 288 g/mol. The fourth-order valence-electron chi connectivity index (χ4n) is 1.38. The highest BCUT2D eigenvalue weighted by Crippen LogP contribution is 2.17. The minimum absolute atomic E-state index is 0.487. The molecule has 0 saturated heterocycles. The number of carbonyl (C=O) groups excluding carboxylic acids is 1. The Hall–Kier alpha value is -2.10. The van der Waals surface area contributed by atoms with Gasteiger partial charge in [-0.15, -0.1) is 0 Å². The van der Waals surface area contributed by atoms with E-state index in [2.05, 4.69) is 5.32 Å². The van der Waals surface area contributed by atoms with Crippen LogP contribution in [0, 0.1) is 15.9 Å². The Bertz CT molecular complexity index is 509. The van der Waals surface area contributed by atoms with E-state index in [9.17, 15) is 19.3 Å². The summed E-state index contributed by atoms with van der Waals surface area (Å²) in [6.45, 7) is -2.37. The Labute approximate surface area is 112 Å². The number of nitro groups is 1. The number of aliphatic hydroxyl groups excluding tert-OH is 3. The van der Waals surface area contributed by atoms with Crippen molar-refractivity contribution in [2.45, 2.75) is 5.54 Å². The third kappa shape index (κ3) is 3.26. The highest BCUT2D eigenvalue weighted by atomic mass is 19.1.